The molecule has 0 unspecified atom stereocenters. The summed E-state index contributed by atoms with van der Waals surface area (Å²) in [7, 11) is 3.10. The molecule has 2 N–H and O–H groups in total. The van der Waals surface area contributed by atoms with Gasteiger partial charge in [-0.15, -0.1) is 11.8 Å². The van der Waals surface area contributed by atoms with Crippen LogP contribution in [0.15, 0.2) is 83.8 Å². The first-order valence-corrected chi connectivity index (χ1v) is 10.8. The smallest absolute Gasteiger partial charge is 0.248 e. The molecule has 0 saturated carbocycles. The lowest BCUT2D eigenvalue weighted by Crippen LogP contribution is -2.14. The molecule has 0 heterocycles. The lowest BCUT2D eigenvalue weighted by Gasteiger charge is -2.11. The molecule has 7 heteroatoms. The molecule has 2 amide bonds. The minimum absolute atomic E-state index is 0.168. The third-order valence-corrected chi connectivity index (χ3v) is 5.37. The van der Waals surface area contributed by atoms with Crippen molar-refractivity contribution in [2.75, 3.05) is 30.6 Å². The molecule has 3 aromatic rings. The number of ether oxygens (including phenoxy) is 2. The Kier molecular flexibility index (Phi) is 8.34. The maximum Gasteiger partial charge on any atom is 0.248 e. The molecule has 164 valence electrons. The topological polar surface area (TPSA) is 76.7 Å². The van der Waals surface area contributed by atoms with Crippen molar-refractivity contribution in [2.45, 2.75) is 4.90 Å². The largest absolute Gasteiger partial charge is 0.497 e. The van der Waals surface area contributed by atoms with Gasteiger partial charge in [-0.05, 0) is 42.0 Å². The van der Waals surface area contributed by atoms with Crippen LogP contribution >= 0.6 is 11.8 Å². The third kappa shape index (κ3) is 6.92. The molecule has 0 aliphatic carbocycles. The van der Waals surface area contributed by atoms with E-state index in [1.165, 1.54) is 24.9 Å². The number of amides is 2. The Morgan fingerprint density at radius 3 is 2.47 bits per heavy atom. The Morgan fingerprint density at radius 1 is 0.906 bits per heavy atom. The van der Waals surface area contributed by atoms with E-state index in [-0.39, 0.29) is 17.6 Å². The normalized spacial score (nSPS) is 10.6. The molecule has 0 aliphatic heterocycles. The Bertz CT molecular complexity index is 1100. The average molecular weight is 449 g/mol. The quantitative estimate of drug-likeness (QED) is 0.352. The lowest BCUT2D eigenvalue weighted by atomic mass is 10.2. The van der Waals surface area contributed by atoms with Crippen LogP contribution in [-0.2, 0) is 9.59 Å². The number of rotatable bonds is 9. The second-order valence-electron chi connectivity index (χ2n) is 6.66. The minimum Gasteiger partial charge on any atom is -0.497 e. The van der Waals surface area contributed by atoms with E-state index in [2.05, 4.69) is 10.6 Å². The lowest BCUT2D eigenvalue weighted by molar-refractivity contribution is -0.114. The summed E-state index contributed by atoms with van der Waals surface area (Å²) in [4.78, 5) is 25.4. The van der Waals surface area contributed by atoms with Gasteiger partial charge in [0.15, 0.2) is 0 Å². The van der Waals surface area contributed by atoms with Gasteiger partial charge in [0.25, 0.3) is 0 Å². The van der Waals surface area contributed by atoms with Gasteiger partial charge in [0.05, 0.1) is 25.7 Å². The fourth-order valence-electron chi connectivity index (χ4n) is 2.82. The highest BCUT2D eigenvalue weighted by molar-refractivity contribution is 8.00. The fourth-order valence-corrected chi connectivity index (χ4v) is 3.58. The van der Waals surface area contributed by atoms with E-state index in [9.17, 15) is 9.59 Å². The number of carbonyl (C=O) groups is 2. The monoisotopic (exact) mass is 448 g/mol. The van der Waals surface area contributed by atoms with Gasteiger partial charge in [-0.2, -0.15) is 0 Å². The molecule has 6 nitrogen and oxygen atoms in total. The van der Waals surface area contributed by atoms with Crippen LogP contribution in [0.4, 0.5) is 11.4 Å². The van der Waals surface area contributed by atoms with E-state index < -0.39 is 0 Å². The molecule has 0 spiro atoms. The van der Waals surface area contributed by atoms with Crippen LogP contribution < -0.4 is 20.1 Å². The van der Waals surface area contributed by atoms with Crippen LogP contribution in [0, 0.1) is 0 Å². The molecule has 0 fully saturated rings. The number of hydrogen-bond donors (Lipinski definition) is 2. The molecular formula is C25H24N2O4S. The summed E-state index contributed by atoms with van der Waals surface area (Å²) in [6.45, 7) is 0. The molecule has 0 saturated heterocycles. The zero-order chi connectivity index (χ0) is 22.8. The Hall–Kier alpha value is -3.71. The van der Waals surface area contributed by atoms with Crippen molar-refractivity contribution < 1.29 is 19.1 Å². The number of carbonyl (C=O) groups excluding carboxylic acids is 2. The number of thioether (sulfide) groups is 1. The maximum absolute atomic E-state index is 12.4. The van der Waals surface area contributed by atoms with Crippen molar-refractivity contribution in [1.82, 2.24) is 0 Å². The SMILES string of the molecule is COc1ccc(NC(=O)CSc2cccc(NC(=O)/C=C/c3ccccc3)c2)c(OC)c1. The minimum atomic E-state index is -0.222. The summed E-state index contributed by atoms with van der Waals surface area (Å²) in [5.74, 6) is 0.988. The molecular weight excluding hydrogens is 424 g/mol. The predicted molar refractivity (Wildman–Crippen MR) is 129 cm³/mol. The Balaban J connectivity index is 1.54. The van der Waals surface area contributed by atoms with Gasteiger partial charge in [-0.3, -0.25) is 9.59 Å². The van der Waals surface area contributed by atoms with Crippen LogP contribution in [0.25, 0.3) is 6.08 Å². The first kappa shape index (κ1) is 23.0. The summed E-state index contributed by atoms with van der Waals surface area (Å²) in [5.41, 5.74) is 2.19. The van der Waals surface area contributed by atoms with Crippen LogP contribution in [0.3, 0.4) is 0 Å². The van der Waals surface area contributed by atoms with Crippen molar-refractivity contribution in [2.24, 2.45) is 0 Å². The first-order chi connectivity index (χ1) is 15.6. The summed E-state index contributed by atoms with van der Waals surface area (Å²) < 4.78 is 10.5. The summed E-state index contributed by atoms with van der Waals surface area (Å²) in [6, 6.07) is 22.2. The summed E-state index contributed by atoms with van der Waals surface area (Å²) in [6.07, 6.45) is 3.25. The van der Waals surface area contributed by atoms with Gasteiger partial charge in [-0.25, -0.2) is 0 Å². The molecule has 0 atom stereocenters. The van der Waals surface area contributed by atoms with Gasteiger partial charge in [0.2, 0.25) is 11.8 Å². The van der Waals surface area contributed by atoms with Crippen molar-refractivity contribution in [1.29, 1.82) is 0 Å². The highest BCUT2D eigenvalue weighted by Crippen LogP contribution is 2.29. The van der Waals surface area contributed by atoms with Crippen LogP contribution in [0.2, 0.25) is 0 Å². The molecule has 3 rings (SSSR count). The first-order valence-electron chi connectivity index (χ1n) is 9.86. The number of benzene rings is 3. The second kappa shape index (κ2) is 11.6. The van der Waals surface area contributed by atoms with E-state index in [0.29, 0.717) is 22.9 Å². The van der Waals surface area contributed by atoms with Crippen LogP contribution in [0.1, 0.15) is 5.56 Å². The van der Waals surface area contributed by atoms with E-state index in [0.717, 1.165) is 10.5 Å². The van der Waals surface area contributed by atoms with Crippen molar-refractivity contribution in [3.63, 3.8) is 0 Å². The number of methoxy groups -OCH3 is 2. The van der Waals surface area contributed by atoms with E-state index in [1.807, 2.05) is 48.5 Å². The van der Waals surface area contributed by atoms with Crippen molar-refractivity contribution in [3.8, 4) is 11.5 Å². The summed E-state index contributed by atoms with van der Waals surface area (Å²) in [5, 5.41) is 5.68. The van der Waals surface area contributed by atoms with Gasteiger partial charge in [0, 0.05) is 22.7 Å². The van der Waals surface area contributed by atoms with E-state index in [1.54, 1.807) is 37.5 Å². The fraction of sp³-hybridized carbons (Fsp3) is 0.120. The van der Waals surface area contributed by atoms with Gasteiger partial charge >= 0.3 is 0 Å². The number of anilines is 2. The molecule has 3 aromatic carbocycles. The highest BCUT2D eigenvalue weighted by Gasteiger charge is 2.10. The van der Waals surface area contributed by atoms with Crippen molar-refractivity contribution >= 4 is 41.0 Å². The second-order valence-corrected chi connectivity index (χ2v) is 7.71. The number of hydrogen-bond acceptors (Lipinski definition) is 5. The third-order valence-electron chi connectivity index (χ3n) is 4.38. The summed E-state index contributed by atoms with van der Waals surface area (Å²) >= 11 is 1.37. The van der Waals surface area contributed by atoms with Crippen LogP contribution in [-0.4, -0.2) is 31.8 Å². The van der Waals surface area contributed by atoms with Gasteiger partial charge in [-0.1, -0.05) is 36.4 Å². The van der Waals surface area contributed by atoms with Gasteiger partial charge < -0.3 is 20.1 Å². The molecule has 0 aliphatic rings. The molecule has 0 aromatic heterocycles. The van der Waals surface area contributed by atoms with Crippen LogP contribution in [0.5, 0.6) is 11.5 Å². The molecule has 0 radical (unpaired) electrons. The maximum atomic E-state index is 12.4. The van der Waals surface area contributed by atoms with E-state index in [4.69, 9.17) is 9.47 Å². The van der Waals surface area contributed by atoms with Gasteiger partial charge in [0.1, 0.15) is 11.5 Å². The standard InChI is InChI=1S/C25H24N2O4S/c1-30-20-12-13-22(23(16-20)31-2)27-25(29)17-32-21-10-6-9-19(15-21)26-24(28)14-11-18-7-4-3-5-8-18/h3-16H,17H2,1-2H3,(H,26,28)(H,27,29)/b14-11+. The zero-order valence-corrected chi connectivity index (χ0v) is 18.6. The molecule has 0 bridgehead atoms. The Morgan fingerprint density at radius 2 is 1.72 bits per heavy atom. The van der Waals surface area contributed by atoms with Crippen molar-refractivity contribution in [3.05, 3.63) is 84.4 Å². The Labute approximate surface area is 191 Å². The molecule has 32 heavy (non-hydrogen) atoms. The highest BCUT2D eigenvalue weighted by atomic mass is 32.2. The zero-order valence-electron chi connectivity index (χ0n) is 17.8. The number of nitrogens with one attached hydrogen (secondary N) is 2. The predicted octanol–water partition coefficient (Wildman–Crippen LogP) is 5.09. The van der Waals surface area contributed by atoms with E-state index >= 15 is 0 Å². The average Bonchev–Trinajstić information content (AvgIpc) is 2.82.